The smallest absolute Gasteiger partial charge is 0.358 e. The summed E-state index contributed by atoms with van der Waals surface area (Å²) in [7, 11) is 0. The number of anilines is 2. The lowest BCUT2D eigenvalue weighted by Gasteiger charge is -2.32. The second-order valence-electron chi connectivity index (χ2n) is 9.51. The van der Waals surface area contributed by atoms with Crippen LogP contribution in [0.4, 0.5) is 24.5 Å². The van der Waals surface area contributed by atoms with E-state index in [4.69, 9.17) is 27.9 Å². The van der Waals surface area contributed by atoms with Gasteiger partial charge in [-0.15, -0.1) is 23.2 Å². The highest BCUT2D eigenvalue weighted by Crippen LogP contribution is 2.37. The van der Waals surface area contributed by atoms with Crippen LogP contribution in [0.2, 0.25) is 0 Å². The molecule has 3 rings (SSSR count). The van der Waals surface area contributed by atoms with Crippen LogP contribution in [0.5, 0.6) is 0 Å². The molecule has 1 heterocycles. The second kappa shape index (κ2) is 14.2. The first-order valence-electron chi connectivity index (χ1n) is 13.2. The number of alkyl halides is 5. The van der Waals surface area contributed by atoms with Gasteiger partial charge in [0.15, 0.2) is 0 Å². The summed E-state index contributed by atoms with van der Waals surface area (Å²) in [6, 6.07) is 12.0. The number of rotatable bonds is 12. The van der Waals surface area contributed by atoms with Crippen molar-refractivity contribution < 1.29 is 27.5 Å². The lowest BCUT2D eigenvalue weighted by Crippen LogP contribution is -2.49. The molecule has 0 bridgehead atoms. The number of amides is 2. The minimum Gasteiger partial charge on any atom is -0.358 e. The fourth-order valence-electron chi connectivity index (χ4n) is 4.31. The number of nitrogens with zero attached hydrogens (tertiary/aromatic N) is 4. The summed E-state index contributed by atoms with van der Waals surface area (Å²) in [5, 5.41) is 0.851. The summed E-state index contributed by atoms with van der Waals surface area (Å²) in [4.78, 5) is 29.9. The van der Waals surface area contributed by atoms with Gasteiger partial charge in [-0.05, 0) is 56.0 Å². The van der Waals surface area contributed by atoms with Gasteiger partial charge in [0.2, 0.25) is 11.8 Å². The van der Waals surface area contributed by atoms with E-state index in [9.17, 15) is 22.8 Å². The van der Waals surface area contributed by atoms with Crippen LogP contribution in [0.25, 0.3) is 0 Å². The first-order valence-corrected chi connectivity index (χ1v) is 14.0. The molecule has 2 atom stereocenters. The van der Waals surface area contributed by atoms with E-state index >= 15 is 0 Å². The number of carbonyl (C=O) groups is 2. The Kier molecular flexibility index (Phi) is 11.2. The van der Waals surface area contributed by atoms with E-state index in [0.717, 1.165) is 28.2 Å². The fourth-order valence-corrected chi connectivity index (χ4v) is 4.76. The van der Waals surface area contributed by atoms with Crippen molar-refractivity contribution in [2.24, 2.45) is 0 Å². The van der Waals surface area contributed by atoms with Crippen LogP contribution in [-0.2, 0) is 40.0 Å². The van der Waals surface area contributed by atoms with Crippen molar-refractivity contribution in [1.82, 2.24) is 9.78 Å². The molecule has 0 radical (unpaired) electrons. The van der Waals surface area contributed by atoms with Gasteiger partial charge >= 0.3 is 6.18 Å². The average molecular weight is 614 g/mol. The van der Waals surface area contributed by atoms with E-state index in [0.29, 0.717) is 18.5 Å². The third-order valence-electron chi connectivity index (χ3n) is 6.38. The zero-order chi connectivity index (χ0) is 30.3. The maximum atomic E-state index is 14.0. The Balaban J connectivity index is 2.02. The summed E-state index contributed by atoms with van der Waals surface area (Å²) < 4.78 is 48.6. The Labute approximate surface area is 247 Å². The molecule has 0 saturated carbocycles. The number of benzene rings is 2. The van der Waals surface area contributed by atoms with E-state index in [2.05, 4.69) is 5.10 Å². The normalized spacial score (nSPS) is 13.2. The number of hydrogen-bond donors (Lipinski definition) is 0. The first-order chi connectivity index (χ1) is 19.4. The van der Waals surface area contributed by atoms with Crippen molar-refractivity contribution in [3.8, 4) is 0 Å². The maximum absolute atomic E-state index is 14.0. The van der Waals surface area contributed by atoms with Gasteiger partial charge < -0.3 is 4.74 Å². The highest BCUT2D eigenvalue weighted by atomic mass is 35.5. The molecule has 1 aromatic heterocycles. The Bertz CT molecular complexity index is 1300. The summed E-state index contributed by atoms with van der Waals surface area (Å²) in [6.07, 6.45) is -0.717. The molecule has 3 aromatic rings. The number of ether oxygens (including phenoxy) is 1. The maximum Gasteiger partial charge on any atom is 0.418 e. The largest absolute Gasteiger partial charge is 0.418 e. The molecule has 0 aliphatic carbocycles. The van der Waals surface area contributed by atoms with Crippen LogP contribution in [0.3, 0.4) is 0 Å². The Morgan fingerprint density at radius 3 is 2.02 bits per heavy atom. The van der Waals surface area contributed by atoms with Crippen LogP contribution < -0.4 is 9.80 Å². The molecule has 0 fully saturated rings. The summed E-state index contributed by atoms with van der Waals surface area (Å²) in [5.41, 5.74) is 0.870. The number of aryl methyl sites for hydroxylation is 2. The van der Waals surface area contributed by atoms with Crippen LogP contribution in [0.15, 0.2) is 60.9 Å². The molecule has 41 heavy (non-hydrogen) atoms. The molecule has 2 amide bonds. The Morgan fingerprint density at radius 2 is 1.51 bits per heavy atom. The molecule has 0 N–H and O–H groups in total. The molecule has 0 aliphatic rings. The minimum absolute atomic E-state index is 0.0199. The first kappa shape index (κ1) is 32.4. The fraction of sp³-hybridized carbons (Fsp3) is 0.414. The predicted octanol–water partition coefficient (Wildman–Crippen LogP) is 6.65. The molecule has 12 heteroatoms. The number of hydrogen-bond acceptors (Lipinski definition) is 4. The molecule has 0 saturated heterocycles. The van der Waals surface area contributed by atoms with E-state index in [1.807, 2.05) is 32.0 Å². The lowest BCUT2D eigenvalue weighted by molar-refractivity contribution is -0.137. The van der Waals surface area contributed by atoms with Gasteiger partial charge in [-0.1, -0.05) is 44.2 Å². The van der Waals surface area contributed by atoms with E-state index in [1.165, 1.54) is 21.7 Å². The average Bonchev–Trinajstić information content (AvgIpc) is 3.47. The third-order valence-corrected chi connectivity index (χ3v) is 7.38. The van der Waals surface area contributed by atoms with E-state index in [-0.39, 0.29) is 6.67 Å². The van der Waals surface area contributed by atoms with Gasteiger partial charge in [-0.2, -0.15) is 18.3 Å². The highest BCUT2D eigenvalue weighted by Gasteiger charge is 2.41. The lowest BCUT2D eigenvalue weighted by atomic mass is 10.0. The molecule has 2 aromatic carbocycles. The second-order valence-corrected chi connectivity index (χ2v) is 10.5. The highest BCUT2D eigenvalue weighted by molar-refractivity contribution is 6.45. The van der Waals surface area contributed by atoms with Gasteiger partial charge in [0.25, 0.3) is 0 Å². The molecular weight excluding hydrogens is 580 g/mol. The number of carbonyl (C=O) groups excluding carboxylic acids is 2. The zero-order valence-electron chi connectivity index (χ0n) is 23.2. The SMILES string of the molecule is CCc1cccc(CC)c1N(Cn1cccn1)C(=O)C(Cl)C(Cl)C(=O)N(COC(C)C)c1ccccc1C(F)(F)F. The number of aromatic nitrogens is 2. The minimum atomic E-state index is -4.76. The van der Waals surface area contributed by atoms with Gasteiger partial charge in [0.05, 0.1) is 23.0 Å². The van der Waals surface area contributed by atoms with Crippen LogP contribution in [0, 0.1) is 0 Å². The summed E-state index contributed by atoms with van der Waals surface area (Å²) >= 11 is 13.1. The van der Waals surface area contributed by atoms with Gasteiger partial charge in [-0.25, -0.2) is 0 Å². The van der Waals surface area contributed by atoms with Gasteiger partial charge in [0.1, 0.15) is 24.2 Å². The quantitative estimate of drug-likeness (QED) is 0.170. The Morgan fingerprint density at radius 1 is 0.927 bits per heavy atom. The zero-order valence-corrected chi connectivity index (χ0v) is 24.7. The van der Waals surface area contributed by atoms with Crippen LogP contribution in [-0.4, -0.2) is 45.2 Å². The molecule has 2 unspecified atom stereocenters. The van der Waals surface area contributed by atoms with Crippen molar-refractivity contribution in [3.05, 3.63) is 77.6 Å². The van der Waals surface area contributed by atoms with E-state index < -0.39 is 52.8 Å². The van der Waals surface area contributed by atoms with Gasteiger partial charge in [-0.3, -0.25) is 24.1 Å². The van der Waals surface area contributed by atoms with E-state index in [1.54, 1.807) is 32.3 Å². The van der Waals surface area contributed by atoms with Crippen molar-refractivity contribution >= 4 is 46.4 Å². The topological polar surface area (TPSA) is 67.7 Å². The van der Waals surface area contributed by atoms with Crippen molar-refractivity contribution in [1.29, 1.82) is 0 Å². The summed E-state index contributed by atoms with van der Waals surface area (Å²) in [5.74, 6) is -1.70. The number of halogens is 5. The van der Waals surface area contributed by atoms with Crippen molar-refractivity contribution in [3.63, 3.8) is 0 Å². The van der Waals surface area contributed by atoms with Crippen molar-refractivity contribution in [2.75, 3.05) is 16.5 Å². The Hall–Kier alpha value is -3.08. The molecule has 0 aliphatic heterocycles. The van der Waals surface area contributed by atoms with Crippen molar-refractivity contribution in [2.45, 2.75) is 70.2 Å². The number of para-hydroxylation sites is 2. The predicted molar refractivity (Wildman–Crippen MR) is 154 cm³/mol. The van der Waals surface area contributed by atoms with Crippen LogP contribution >= 0.6 is 23.2 Å². The van der Waals surface area contributed by atoms with Gasteiger partial charge in [0, 0.05) is 12.4 Å². The third kappa shape index (κ3) is 7.81. The molecule has 0 spiro atoms. The summed E-state index contributed by atoms with van der Waals surface area (Å²) in [6.45, 7) is 6.70. The molecular formula is C29H33Cl2F3N4O3. The molecule has 7 nitrogen and oxygen atoms in total. The standard InChI is InChI=1S/C29H33Cl2F3N4O3/c1-5-20-11-9-12-21(6-2)26(20)37(17-36-16-10-15-35-36)27(39)24(30)25(31)28(40)38(18-41-19(3)4)23-14-8-7-13-22(23)29(32,33)34/h7-16,19,24-25H,5-6,17-18H2,1-4H3. The van der Waals surface area contributed by atoms with Crippen LogP contribution in [0.1, 0.15) is 44.4 Å². The monoisotopic (exact) mass is 612 g/mol. The molecule has 222 valence electrons.